The summed E-state index contributed by atoms with van der Waals surface area (Å²) < 4.78 is 0. The number of alkyl halides is 1. The van der Waals surface area contributed by atoms with E-state index < -0.39 is 0 Å². The van der Waals surface area contributed by atoms with Gasteiger partial charge in [0.2, 0.25) is 0 Å². The van der Waals surface area contributed by atoms with E-state index in [2.05, 4.69) is 56.8 Å². The second-order valence-corrected chi connectivity index (χ2v) is 5.44. The standard InChI is InChI=1S/C12H12BrNS/c1-9-2-3-11(14-7-9)6-12(13)10-4-5-15-8-10/h2-5,7-8,12H,6H2,1H3. The van der Waals surface area contributed by atoms with Crippen LogP contribution in [0.4, 0.5) is 0 Å². The van der Waals surface area contributed by atoms with Crippen molar-refractivity contribution in [3.63, 3.8) is 0 Å². The molecule has 0 bridgehead atoms. The van der Waals surface area contributed by atoms with Gasteiger partial charge in [-0.2, -0.15) is 11.3 Å². The number of pyridine rings is 1. The van der Waals surface area contributed by atoms with Crippen molar-refractivity contribution in [1.82, 2.24) is 4.98 Å². The van der Waals surface area contributed by atoms with Crippen LogP contribution in [0.15, 0.2) is 35.2 Å². The Morgan fingerprint density at radius 3 is 2.87 bits per heavy atom. The highest BCUT2D eigenvalue weighted by molar-refractivity contribution is 9.09. The molecular weight excluding hydrogens is 270 g/mol. The molecule has 0 saturated heterocycles. The van der Waals surface area contributed by atoms with Crippen molar-refractivity contribution in [2.75, 3.05) is 0 Å². The largest absolute Gasteiger partial charge is 0.261 e. The minimum absolute atomic E-state index is 0.374. The third-order valence-electron chi connectivity index (χ3n) is 2.27. The van der Waals surface area contributed by atoms with Crippen LogP contribution in [-0.2, 0) is 6.42 Å². The summed E-state index contributed by atoms with van der Waals surface area (Å²) in [6, 6.07) is 6.35. The summed E-state index contributed by atoms with van der Waals surface area (Å²) in [6.07, 6.45) is 2.86. The molecule has 0 fully saturated rings. The topological polar surface area (TPSA) is 12.9 Å². The molecule has 0 aliphatic carbocycles. The zero-order valence-electron chi connectivity index (χ0n) is 8.48. The second-order valence-electron chi connectivity index (χ2n) is 3.56. The highest BCUT2D eigenvalue weighted by Gasteiger charge is 2.09. The number of rotatable bonds is 3. The molecule has 0 saturated carbocycles. The Kier molecular flexibility index (Phi) is 3.54. The van der Waals surface area contributed by atoms with Crippen LogP contribution in [0.1, 0.15) is 21.6 Å². The molecule has 2 heterocycles. The van der Waals surface area contributed by atoms with Gasteiger partial charge in [0.15, 0.2) is 0 Å². The Labute approximate surface area is 102 Å². The molecule has 2 aromatic heterocycles. The first kappa shape index (κ1) is 10.8. The van der Waals surface area contributed by atoms with Gasteiger partial charge in [0.05, 0.1) is 0 Å². The third kappa shape index (κ3) is 2.89. The first-order valence-corrected chi connectivity index (χ1v) is 6.69. The first-order chi connectivity index (χ1) is 7.25. The van der Waals surface area contributed by atoms with E-state index in [4.69, 9.17) is 0 Å². The molecule has 0 aliphatic rings. The van der Waals surface area contributed by atoms with Crippen molar-refractivity contribution in [2.45, 2.75) is 18.2 Å². The summed E-state index contributed by atoms with van der Waals surface area (Å²) in [5.74, 6) is 0. The fourth-order valence-corrected chi connectivity index (χ4v) is 2.88. The number of halogens is 1. The lowest BCUT2D eigenvalue weighted by Crippen LogP contribution is -1.96. The summed E-state index contributed by atoms with van der Waals surface area (Å²) in [4.78, 5) is 4.78. The van der Waals surface area contributed by atoms with Crippen LogP contribution in [0.25, 0.3) is 0 Å². The zero-order chi connectivity index (χ0) is 10.7. The van der Waals surface area contributed by atoms with Gasteiger partial charge in [-0.25, -0.2) is 0 Å². The lowest BCUT2D eigenvalue weighted by molar-refractivity contribution is 0.906. The van der Waals surface area contributed by atoms with Crippen LogP contribution in [-0.4, -0.2) is 4.98 Å². The number of nitrogens with zero attached hydrogens (tertiary/aromatic N) is 1. The number of hydrogen-bond donors (Lipinski definition) is 0. The number of hydrogen-bond acceptors (Lipinski definition) is 2. The maximum Gasteiger partial charge on any atom is 0.0458 e. The minimum Gasteiger partial charge on any atom is -0.261 e. The fourth-order valence-electron chi connectivity index (χ4n) is 1.37. The monoisotopic (exact) mass is 281 g/mol. The molecule has 1 nitrogen and oxygen atoms in total. The maximum absolute atomic E-state index is 4.40. The molecule has 2 aromatic rings. The van der Waals surface area contributed by atoms with Gasteiger partial charge in [-0.1, -0.05) is 22.0 Å². The number of thiophene rings is 1. The Balaban J connectivity index is 2.06. The Bertz CT molecular complexity index is 408. The van der Waals surface area contributed by atoms with E-state index in [9.17, 15) is 0 Å². The smallest absolute Gasteiger partial charge is 0.0458 e. The highest BCUT2D eigenvalue weighted by Crippen LogP contribution is 2.27. The molecule has 2 rings (SSSR count). The molecule has 0 aromatic carbocycles. The molecule has 1 unspecified atom stereocenters. The van der Waals surface area contributed by atoms with Crippen molar-refractivity contribution >= 4 is 27.3 Å². The van der Waals surface area contributed by atoms with Gasteiger partial charge in [-0.05, 0) is 40.9 Å². The van der Waals surface area contributed by atoms with Crippen LogP contribution in [0.3, 0.4) is 0 Å². The summed E-state index contributed by atoms with van der Waals surface area (Å²) in [7, 11) is 0. The summed E-state index contributed by atoms with van der Waals surface area (Å²) in [5, 5.41) is 4.28. The van der Waals surface area contributed by atoms with E-state index in [1.54, 1.807) is 11.3 Å². The molecule has 0 radical (unpaired) electrons. The molecule has 0 N–H and O–H groups in total. The van der Waals surface area contributed by atoms with Crippen molar-refractivity contribution in [3.05, 3.63) is 52.0 Å². The SMILES string of the molecule is Cc1ccc(CC(Br)c2ccsc2)nc1. The van der Waals surface area contributed by atoms with Gasteiger partial charge in [0.25, 0.3) is 0 Å². The van der Waals surface area contributed by atoms with Crippen molar-refractivity contribution < 1.29 is 0 Å². The molecule has 1 atom stereocenters. The van der Waals surface area contributed by atoms with E-state index in [0.29, 0.717) is 4.83 Å². The van der Waals surface area contributed by atoms with Crippen LogP contribution >= 0.6 is 27.3 Å². The highest BCUT2D eigenvalue weighted by atomic mass is 79.9. The predicted octanol–water partition coefficient (Wildman–Crippen LogP) is 4.13. The first-order valence-electron chi connectivity index (χ1n) is 4.83. The van der Waals surface area contributed by atoms with E-state index in [0.717, 1.165) is 12.1 Å². The van der Waals surface area contributed by atoms with Crippen LogP contribution < -0.4 is 0 Å². The van der Waals surface area contributed by atoms with Crippen molar-refractivity contribution in [3.8, 4) is 0 Å². The van der Waals surface area contributed by atoms with Gasteiger partial charge < -0.3 is 0 Å². The average Bonchev–Trinajstić information content (AvgIpc) is 2.74. The molecule has 0 spiro atoms. The van der Waals surface area contributed by atoms with E-state index in [1.165, 1.54) is 11.1 Å². The molecule has 3 heteroatoms. The fraction of sp³-hybridized carbons (Fsp3) is 0.250. The van der Waals surface area contributed by atoms with Crippen molar-refractivity contribution in [2.24, 2.45) is 0 Å². The van der Waals surface area contributed by atoms with Gasteiger partial charge in [-0.3, -0.25) is 4.98 Å². The molecule has 78 valence electrons. The molecular formula is C12H12BrNS. The number of aryl methyl sites for hydroxylation is 1. The molecule has 0 amide bonds. The van der Waals surface area contributed by atoms with E-state index >= 15 is 0 Å². The maximum atomic E-state index is 4.40. The lowest BCUT2D eigenvalue weighted by Gasteiger charge is -2.07. The van der Waals surface area contributed by atoms with E-state index in [1.807, 2.05) is 6.20 Å². The van der Waals surface area contributed by atoms with Gasteiger partial charge in [0, 0.05) is 23.1 Å². The Hall–Kier alpha value is -0.670. The Morgan fingerprint density at radius 2 is 2.27 bits per heavy atom. The molecule has 15 heavy (non-hydrogen) atoms. The zero-order valence-corrected chi connectivity index (χ0v) is 10.9. The lowest BCUT2D eigenvalue weighted by atomic mass is 10.1. The quantitative estimate of drug-likeness (QED) is 0.771. The van der Waals surface area contributed by atoms with Gasteiger partial charge >= 0.3 is 0 Å². The van der Waals surface area contributed by atoms with Gasteiger partial charge in [0.1, 0.15) is 0 Å². The number of aromatic nitrogens is 1. The van der Waals surface area contributed by atoms with Gasteiger partial charge in [-0.15, -0.1) is 0 Å². The van der Waals surface area contributed by atoms with E-state index in [-0.39, 0.29) is 0 Å². The predicted molar refractivity (Wildman–Crippen MR) is 68.7 cm³/mol. The second kappa shape index (κ2) is 4.90. The third-order valence-corrected chi connectivity index (χ3v) is 3.82. The molecule has 0 aliphatic heterocycles. The van der Waals surface area contributed by atoms with Crippen molar-refractivity contribution in [1.29, 1.82) is 0 Å². The van der Waals surface area contributed by atoms with Crippen LogP contribution in [0.5, 0.6) is 0 Å². The summed E-state index contributed by atoms with van der Waals surface area (Å²) >= 11 is 5.42. The minimum atomic E-state index is 0.374. The average molecular weight is 282 g/mol. The Morgan fingerprint density at radius 1 is 1.40 bits per heavy atom. The van der Waals surface area contributed by atoms with Crippen LogP contribution in [0.2, 0.25) is 0 Å². The van der Waals surface area contributed by atoms with Crippen LogP contribution in [0, 0.1) is 6.92 Å². The summed E-state index contributed by atoms with van der Waals surface area (Å²) in [6.45, 7) is 2.06. The normalized spacial score (nSPS) is 12.7. The summed E-state index contributed by atoms with van der Waals surface area (Å²) in [5.41, 5.74) is 3.68.